The Morgan fingerprint density at radius 3 is 2.46 bits per heavy atom. The molecule has 0 unspecified atom stereocenters. The van der Waals surface area contributed by atoms with Crippen LogP contribution in [-0.4, -0.2) is 31.8 Å². The second kappa shape index (κ2) is 5.36. The maximum absolute atomic E-state index is 11.0. The van der Waals surface area contributed by atoms with Crippen LogP contribution in [0.1, 0.15) is 6.42 Å². The van der Waals surface area contributed by atoms with Gasteiger partial charge in [-0.25, -0.2) is 13.1 Å². The van der Waals surface area contributed by atoms with E-state index in [-0.39, 0.29) is 6.54 Å². The van der Waals surface area contributed by atoms with Gasteiger partial charge in [-0.05, 0) is 0 Å². The molecule has 7 heteroatoms. The molecule has 76 valence electrons. The normalized spacial score (nSPS) is 11.2. The minimum Gasteiger partial charge on any atom is -0.481 e. The summed E-state index contributed by atoms with van der Waals surface area (Å²) in [4.78, 5) is 10.1. The smallest absolute Gasteiger partial charge is 0.304 e. The Kier molecular flexibility index (Phi) is 5.19. The molecule has 0 aliphatic heterocycles. The number of nitrogens with one attached hydrogen (secondary N) is 1. The van der Waals surface area contributed by atoms with Crippen LogP contribution < -0.4 is 4.72 Å². The molecular weight excluding hydrogens is 262 g/mol. The molecule has 0 rings (SSSR count). The van der Waals surface area contributed by atoms with Crippen LogP contribution in [0.15, 0.2) is 11.1 Å². The third-order valence-corrected chi connectivity index (χ3v) is 2.67. The van der Waals surface area contributed by atoms with Crippen LogP contribution >= 0.6 is 15.9 Å². The summed E-state index contributed by atoms with van der Waals surface area (Å²) in [6.07, 6.45) is -0.399. The van der Waals surface area contributed by atoms with E-state index in [0.717, 1.165) is 0 Å². The minimum atomic E-state index is -3.49. The fraction of sp³-hybridized carbons (Fsp3) is 0.500. The number of carboxylic acids is 1. The van der Waals surface area contributed by atoms with E-state index in [9.17, 15) is 13.2 Å². The minimum absolute atomic E-state index is 0.0714. The van der Waals surface area contributed by atoms with Crippen LogP contribution in [0.3, 0.4) is 0 Å². The zero-order chi connectivity index (χ0) is 10.5. The maximum atomic E-state index is 11.0. The first kappa shape index (κ1) is 12.6. The van der Waals surface area contributed by atoms with Crippen molar-refractivity contribution < 1.29 is 18.3 Å². The number of halogens is 1. The summed E-state index contributed by atoms with van der Waals surface area (Å²) in [6.45, 7) is 3.50. The molecule has 0 aliphatic carbocycles. The molecular formula is C6H10BrNO4S. The molecule has 0 aromatic rings. The molecule has 0 spiro atoms. The van der Waals surface area contributed by atoms with Crippen molar-refractivity contribution in [2.45, 2.75) is 6.42 Å². The van der Waals surface area contributed by atoms with Crippen LogP contribution in [0.2, 0.25) is 0 Å². The molecule has 0 aliphatic rings. The number of hydrogen-bond donors (Lipinski definition) is 2. The van der Waals surface area contributed by atoms with Gasteiger partial charge in [0.25, 0.3) is 0 Å². The second-order valence-electron chi connectivity index (χ2n) is 2.30. The molecule has 13 heavy (non-hydrogen) atoms. The Labute approximate surface area is 85.0 Å². The Balaban J connectivity index is 3.95. The van der Waals surface area contributed by atoms with E-state index in [2.05, 4.69) is 27.2 Å². The van der Waals surface area contributed by atoms with Gasteiger partial charge < -0.3 is 5.11 Å². The molecule has 2 N–H and O–H groups in total. The Hall–Kier alpha value is -0.400. The lowest BCUT2D eigenvalue weighted by atomic mass is 10.5. The Bertz CT molecular complexity index is 274. The Morgan fingerprint density at radius 2 is 2.08 bits per heavy atom. The highest BCUT2D eigenvalue weighted by Crippen LogP contribution is 1.99. The highest BCUT2D eigenvalue weighted by molar-refractivity contribution is 9.11. The molecule has 0 saturated carbocycles. The van der Waals surface area contributed by atoms with Crippen molar-refractivity contribution in [3.8, 4) is 0 Å². The first-order valence-corrected chi connectivity index (χ1v) is 5.80. The fourth-order valence-corrected chi connectivity index (χ4v) is 1.79. The number of carboxylic acid groups (broad SMARTS) is 1. The molecule has 0 atom stereocenters. The highest BCUT2D eigenvalue weighted by atomic mass is 79.9. The summed E-state index contributed by atoms with van der Waals surface area (Å²) in [7, 11) is -3.49. The average Bonchev–Trinajstić information content (AvgIpc) is 1.98. The van der Waals surface area contributed by atoms with Gasteiger partial charge in [-0.1, -0.05) is 22.5 Å². The van der Waals surface area contributed by atoms with Crippen LogP contribution in [0.4, 0.5) is 0 Å². The van der Waals surface area contributed by atoms with Crippen LogP contribution in [0.25, 0.3) is 0 Å². The van der Waals surface area contributed by atoms with Gasteiger partial charge >= 0.3 is 5.97 Å². The SMILES string of the molecule is C=C(Br)CNS(=O)(=O)CCC(=O)O. The first-order chi connectivity index (χ1) is 5.83. The summed E-state index contributed by atoms with van der Waals surface area (Å²) >= 11 is 2.97. The van der Waals surface area contributed by atoms with E-state index < -0.39 is 28.2 Å². The average molecular weight is 272 g/mol. The van der Waals surface area contributed by atoms with Gasteiger partial charge in [-0.3, -0.25) is 4.79 Å². The van der Waals surface area contributed by atoms with Crippen molar-refractivity contribution in [2.24, 2.45) is 0 Å². The molecule has 5 nitrogen and oxygen atoms in total. The van der Waals surface area contributed by atoms with Crippen LogP contribution in [-0.2, 0) is 14.8 Å². The largest absolute Gasteiger partial charge is 0.481 e. The lowest BCUT2D eigenvalue weighted by Crippen LogP contribution is -2.28. The lowest BCUT2D eigenvalue weighted by Gasteiger charge is -2.03. The molecule has 0 saturated heterocycles. The lowest BCUT2D eigenvalue weighted by molar-refractivity contribution is -0.136. The van der Waals surface area contributed by atoms with Crippen molar-refractivity contribution in [1.29, 1.82) is 0 Å². The summed E-state index contributed by atoms with van der Waals surface area (Å²) in [6, 6.07) is 0. The van der Waals surface area contributed by atoms with Gasteiger partial charge in [0.05, 0.1) is 12.2 Å². The quantitative estimate of drug-likeness (QED) is 0.728. The predicted molar refractivity (Wildman–Crippen MR) is 52.1 cm³/mol. The van der Waals surface area contributed by atoms with Crippen molar-refractivity contribution >= 4 is 31.9 Å². The van der Waals surface area contributed by atoms with E-state index in [1.165, 1.54) is 0 Å². The number of aliphatic carboxylic acids is 1. The number of rotatable bonds is 6. The topological polar surface area (TPSA) is 83.5 Å². The van der Waals surface area contributed by atoms with Crippen molar-refractivity contribution in [2.75, 3.05) is 12.3 Å². The number of hydrogen-bond acceptors (Lipinski definition) is 3. The van der Waals surface area contributed by atoms with Crippen molar-refractivity contribution in [1.82, 2.24) is 4.72 Å². The fourth-order valence-electron chi connectivity index (χ4n) is 0.482. The molecule has 0 aromatic heterocycles. The van der Waals surface area contributed by atoms with Crippen LogP contribution in [0, 0.1) is 0 Å². The summed E-state index contributed by atoms with van der Waals surface area (Å²) in [5.74, 6) is -1.55. The zero-order valence-corrected chi connectivity index (χ0v) is 9.19. The van der Waals surface area contributed by atoms with Gasteiger partial charge in [-0.2, -0.15) is 0 Å². The maximum Gasteiger partial charge on any atom is 0.304 e. The first-order valence-electron chi connectivity index (χ1n) is 3.36. The van der Waals surface area contributed by atoms with Crippen molar-refractivity contribution in [3.05, 3.63) is 11.1 Å². The molecule has 0 aromatic carbocycles. The van der Waals surface area contributed by atoms with E-state index >= 15 is 0 Å². The number of sulfonamides is 1. The molecule has 0 fully saturated rings. The van der Waals surface area contributed by atoms with E-state index in [1.807, 2.05) is 0 Å². The monoisotopic (exact) mass is 271 g/mol. The summed E-state index contributed by atoms with van der Waals surface area (Å²) < 4.78 is 24.7. The summed E-state index contributed by atoms with van der Waals surface area (Å²) in [5.41, 5.74) is 0. The second-order valence-corrected chi connectivity index (χ2v) is 5.35. The molecule has 0 amide bonds. The number of carbonyl (C=O) groups is 1. The van der Waals surface area contributed by atoms with Gasteiger partial charge in [0, 0.05) is 11.0 Å². The van der Waals surface area contributed by atoms with Gasteiger partial charge in [0.2, 0.25) is 10.0 Å². The third kappa shape index (κ3) is 7.94. The van der Waals surface area contributed by atoms with E-state index in [1.54, 1.807) is 0 Å². The summed E-state index contributed by atoms with van der Waals surface area (Å²) in [5, 5.41) is 8.24. The van der Waals surface area contributed by atoms with E-state index in [4.69, 9.17) is 5.11 Å². The third-order valence-electron chi connectivity index (χ3n) is 1.07. The van der Waals surface area contributed by atoms with Crippen molar-refractivity contribution in [3.63, 3.8) is 0 Å². The van der Waals surface area contributed by atoms with Gasteiger partial charge in [0.15, 0.2) is 0 Å². The zero-order valence-electron chi connectivity index (χ0n) is 6.79. The van der Waals surface area contributed by atoms with Crippen LogP contribution in [0.5, 0.6) is 0 Å². The molecule has 0 radical (unpaired) electrons. The molecule has 0 bridgehead atoms. The van der Waals surface area contributed by atoms with E-state index in [0.29, 0.717) is 4.48 Å². The Morgan fingerprint density at radius 1 is 1.54 bits per heavy atom. The van der Waals surface area contributed by atoms with Gasteiger partial charge in [0.1, 0.15) is 0 Å². The predicted octanol–water partition coefficient (Wildman–Crippen LogP) is 0.289. The highest BCUT2D eigenvalue weighted by Gasteiger charge is 2.11. The molecule has 0 heterocycles. The standard InChI is InChI=1S/C6H10BrNO4S/c1-5(7)4-8-13(11,12)3-2-6(9)10/h8H,1-4H2,(H,9,10). The van der Waals surface area contributed by atoms with Gasteiger partial charge in [-0.15, -0.1) is 0 Å².